The van der Waals surface area contributed by atoms with Gasteiger partial charge in [-0.05, 0) is 0 Å². The first-order valence-corrected chi connectivity index (χ1v) is 5.06. The number of aryl methyl sites for hydroxylation is 1. The summed E-state index contributed by atoms with van der Waals surface area (Å²) in [5.41, 5.74) is 0.614. The third kappa shape index (κ3) is 2.30. The molecule has 0 N–H and O–H groups in total. The van der Waals surface area contributed by atoms with Gasteiger partial charge in [0.1, 0.15) is 5.69 Å². The van der Waals surface area contributed by atoms with Gasteiger partial charge in [0.2, 0.25) is 0 Å². The molecule has 1 aromatic heterocycles. The number of carbonyl (C=O) groups is 1. The first-order chi connectivity index (χ1) is 6.16. The molecule has 0 aliphatic heterocycles. The summed E-state index contributed by atoms with van der Waals surface area (Å²) in [6, 6.07) is 0. The predicted octanol–water partition coefficient (Wildman–Crippen LogP) is 0.887. The number of imidazole rings is 1. The SMILES string of the molecule is CN(CCBr)C(=O)c1cncn1C. The van der Waals surface area contributed by atoms with Crippen LogP contribution in [0.1, 0.15) is 10.5 Å². The molecule has 0 radical (unpaired) electrons. The number of halogens is 1. The first kappa shape index (κ1) is 10.2. The van der Waals surface area contributed by atoms with Crippen molar-refractivity contribution in [2.75, 3.05) is 18.9 Å². The zero-order valence-corrected chi connectivity index (χ0v) is 9.28. The van der Waals surface area contributed by atoms with Gasteiger partial charge in [-0.2, -0.15) is 0 Å². The Morgan fingerprint density at radius 3 is 2.92 bits per heavy atom. The maximum absolute atomic E-state index is 11.7. The van der Waals surface area contributed by atoms with Gasteiger partial charge < -0.3 is 9.47 Å². The van der Waals surface area contributed by atoms with Gasteiger partial charge in [0.25, 0.3) is 5.91 Å². The minimum atomic E-state index is -0.000509. The predicted molar refractivity (Wildman–Crippen MR) is 54.0 cm³/mol. The number of hydrogen-bond acceptors (Lipinski definition) is 2. The zero-order valence-electron chi connectivity index (χ0n) is 7.70. The van der Waals surface area contributed by atoms with Gasteiger partial charge in [0, 0.05) is 26.0 Å². The van der Waals surface area contributed by atoms with Gasteiger partial charge in [-0.1, -0.05) is 15.9 Å². The third-order valence-electron chi connectivity index (χ3n) is 1.80. The van der Waals surface area contributed by atoms with E-state index in [2.05, 4.69) is 20.9 Å². The Hall–Kier alpha value is -0.840. The second-order valence-corrected chi connectivity index (χ2v) is 3.60. The van der Waals surface area contributed by atoms with Crippen LogP contribution in [0.25, 0.3) is 0 Å². The highest BCUT2D eigenvalue weighted by molar-refractivity contribution is 9.09. The fourth-order valence-electron chi connectivity index (χ4n) is 0.987. The van der Waals surface area contributed by atoms with E-state index < -0.39 is 0 Å². The van der Waals surface area contributed by atoms with Crippen molar-refractivity contribution < 1.29 is 4.79 Å². The monoisotopic (exact) mass is 245 g/mol. The number of aromatic nitrogens is 2. The smallest absolute Gasteiger partial charge is 0.271 e. The topological polar surface area (TPSA) is 38.1 Å². The van der Waals surface area contributed by atoms with E-state index in [0.29, 0.717) is 12.2 Å². The Labute approximate surface area is 85.7 Å². The molecule has 0 saturated carbocycles. The molecule has 0 fully saturated rings. The number of carbonyl (C=O) groups excluding carboxylic acids is 1. The lowest BCUT2D eigenvalue weighted by atomic mass is 10.4. The number of nitrogens with zero attached hydrogens (tertiary/aromatic N) is 3. The number of rotatable bonds is 3. The Balaban J connectivity index is 2.73. The molecule has 0 aliphatic rings. The largest absolute Gasteiger partial charge is 0.340 e. The van der Waals surface area contributed by atoms with Crippen LogP contribution in [-0.4, -0.2) is 39.3 Å². The van der Waals surface area contributed by atoms with Crippen molar-refractivity contribution in [3.05, 3.63) is 18.2 Å². The van der Waals surface area contributed by atoms with Gasteiger partial charge in [-0.3, -0.25) is 4.79 Å². The van der Waals surface area contributed by atoms with Crippen LogP contribution in [0.15, 0.2) is 12.5 Å². The molecular formula is C8H12BrN3O. The summed E-state index contributed by atoms with van der Waals surface area (Å²) in [5, 5.41) is 0.785. The van der Waals surface area contributed by atoms with E-state index in [0.717, 1.165) is 5.33 Å². The van der Waals surface area contributed by atoms with Crippen LogP contribution in [0.5, 0.6) is 0 Å². The summed E-state index contributed by atoms with van der Waals surface area (Å²) in [5.74, 6) is -0.000509. The van der Waals surface area contributed by atoms with Crippen molar-refractivity contribution in [3.8, 4) is 0 Å². The minimum Gasteiger partial charge on any atom is -0.340 e. The molecule has 1 amide bonds. The summed E-state index contributed by atoms with van der Waals surface area (Å²) in [6.45, 7) is 0.698. The van der Waals surface area contributed by atoms with E-state index in [-0.39, 0.29) is 5.91 Å². The van der Waals surface area contributed by atoms with E-state index in [1.165, 1.54) is 0 Å². The van der Waals surface area contributed by atoms with Crippen molar-refractivity contribution in [3.63, 3.8) is 0 Å². The van der Waals surface area contributed by atoms with Crippen LogP contribution in [0.4, 0.5) is 0 Å². The summed E-state index contributed by atoms with van der Waals surface area (Å²) >= 11 is 3.28. The maximum Gasteiger partial charge on any atom is 0.271 e. The lowest BCUT2D eigenvalue weighted by molar-refractivity contribution is 0.0794. The van der Waals surface area contributed by atoms with Gasteiger partial charge in [-0.15, -0.1) is 0 Å². The molecule has 0 atom stereocenters. The average Bonchev–Trinajstić information content (AvgIpc) is 2.50. The molecular weight excluding hydrogens is 234 g/mol. The van der Waals surface area contributed by atoms with Gasteiger partial charge in [-0.25, -0.2) is 4.98 Å². The number of amides is 1. The molecule has 0 spiro atoms. The summed E-state index contributed by atoms with van der Waals surface area (Å²) in [4.78, 5) is 17.2. The molecule has 0 aliphatic carbocycles. The van der Waals surface area contributed by atoms with Crippen LogP contribution >= 0.6 is 15.9 Å². The molecule has 4 nitrogen and oxygen atoms in total. The quantitative estimate of drug-likeness (QED) is 0.743. The average molecular weight is 246 g/mol. The lowest BCUT2D eigenvalue weighted by Gasteiger charge is -2.15. The van der Waals surface area contributed by atoms with E-state index in [1.807, 2.05) is 7.05 Å². The van der Waals surface area contributed by atoms with Gasteiger partial charge in [0.05, 0.1) is 12.5 Å². The molecule has 0 unspecified atom stereocenters. The zero-order chi connectivity index (χ0) is 9.84. The Morgan fingerprint density at radius 1 is 1.77 bits per heavy atom. The number of hydrogen-bond donors (Lipinski definition) is 0. The maximum atomic E-state index is 11.7. The summed E-state index contributed by atoms with van der Waals surface area (Å²) in [7, 11) is 3.58. The second-order valence-electron chi connectivity index (χ2n) is 2.81. The Bertz CT molecular complexity index is 297. The normalized spacial score (nSPS) is 10.1. The van der Waals surface area contributed by atoms with Gasteiger partial charge in [0.15, 0.2) is 0 Å². The van der Waals surface area contributed by atoms with Gasteiger partial charge >= 0.3 is 0 Å². The van der Waals surface area contributed by atoms with E-state index in [1.54, 1.807) is 29.0 Å². The molecule has 72 valence electrons. The molecule has 1 heterocycles. The van der Waals surface area contributed by atoms with Crippen molar-refractivity contribution in [1.82, 2.24) is 14.5 Å². The minimum absolute atomic E-state index is 0.000509. The summed E-state index contributed by atoms with van der Waals surface area (Å²) < 4.78 is 1.72. The molecule has 0 bridgehead atoms. The van der Waals surface area contributed by atoms with E-state index in [9.17, 15) is 4.79 Å². The van der Waals surface area contributed by atoms with Crippen LogP contribution in [0.3, 0.4) is 0 Å². The van der Waals surface area contributed by atoms with Crippen molar-refractivity contribution in [2.24, 2.45) is 7.05 Å². The van der Waals surface area contributed by atoms with Crippen LogP contribution in [0, 0.1) is 0 Å². The Morgan fingerprint density at radius 2 is 2.46 bits per heavy atom. The van der Waals surface area contributed by atoms with E-state index >= 15 is 0 Å². The number of alkyl halides is 1. The molecule has 0 aromatic carbocycles. The fourth-order valence-corrected chi connectivity index (χ4v) is 1.52. The van der Waals surface area contributed by atoms with Crippen molar-refractivity contribution in [1.29, 1.82) is 0 Å². The Kier molecular flexibility index (Phi) is 3.48. The van der Waals surface area contributed by atoms with Crippen LogP contribution < -0.4 is 0 Å². The fraction of sp³-hybridized carbons (Fsp3) is 0.500. The third-order valence-corrected chi connectivity index (χ3v) is 2.16. The van der Waals surface area contributed by atoms with E-state index in [4.69, 9.17) is 0 Å². The first-order valence-electron chi connectivity index (χ1n) is 3.94. The highest BCUT2D eigenvalue weighted by Gasteiger charge is 2.13. The molecule has 5 heteroatoms. The van der Waals surface area contributed by atoms with Crippen LogP contribution in [-0.2, 0) is 7.05 Å². The molecule has 0 saturated heterocycles. The second kappa shape index (κ2) is 4.41. The summed E-state index contributed by atoms with van der Waals surface area (Å²) in [6.07, 6.45) is 3.20. The molecule has 1 aromatic rings. The highest BCUT2D eigenvalue weighted by Crippen LogP contribution is 2.01. The van der Waals surface area contributed by atoms with Crippen LogP contribution in [0.2, 0.25) is 0 Å². The lowest BCUT2D eigenvalue weighted by Crippen LogP contribution is -2.29. The molecule has 1 rings (SSSR count). The highest BCUT2D eigenvalue weighted by atomic mass is 79.9. The van der Waals surface area contributed by atoms with Crippen molar-refractivity contribution in [2.45, 2.75) is 0 Å². The van der Waals surface area contributed by atoms with Crippen molar-refractivity contribution >= 4 is 21.8 Å². The molecule has 13 heavy (non-hydrogen) atoms. The standard InChI is InChI=1S/C8H12BrN3O/c1-11(4-3-9)8(13)7-5-10-6-12(7)2/h5-6H,3-4H2,1-2H3.